The summed E-state index contributed by atoms with van der Waals surface area (Å²) in [6, 6.07) is 10.8. The van der Waals surface area contributed by atoms with E-state index in [4.69, 9.17) is 9.47 Å². The number of amides is 3. The first-order valence-electron chi connectivity index (χ1n) is 10.1. The van der Waals surface area contributed by atoms with Gasteiger partial charge in [-0.2, -0.15) is 0 Å². The van der Waals surface area contributed by atoms with Crippen molar-refractivity contribution in [1.82, 2.24) is 4.90 Å². The number of nitrogens with one attached hydrogen (secondary N) is 1. The van der Waals surface area contributed by atoms with Crippen molar-refractivity contribution in [3.63, 3.8) is 0 Å². The van der Waals surface area contributed by atoms with Crippen molar-refractivity contribution in [2.75, 3.05) is 25.6 Å². The van der Waals surface area contributed by atoms with E-state index in [0.29, 0.717) is 35.8 Å². The van der Waals surface area contributed by atoms with Gasteiger partial charge >= 0.3 is 0 Å². The van der Waals surface area contributed by atoms with E-state index in [9.17, 15) is 14.4 Å². The van der Waals surface area contributed by atoms with E-state index in [1.54, 1.807) is 37.5 Å². The minimum Gasteiger partial charge on any atom is -0.493 e. The van der Waals surface area contributed by atoms with E-state index >= 15 is 0 Å². The highest BCUT2D eigenvalue weighted by Gasteiger charge is 2.36. The Hall–Kier alpha value is -2.79. The van der Waals surface area contributed by atoms with Crippen LogP contribution in [0, 0.1) is 3.57 Å². The average Bonchev–Trinajstić information content (AvgIpc) is 3.03. The summed E-state index contributed by atoms with van der Waals surface area (Å²) in [5, 5.41) is 2.21. The van der Waals surface area contributed by atoms with E-state index in [1.807, 2.05) is 25.1 Å². The van der Waals surface area contributed by atoms with E-state index in [2.05, 4.69) is 34.5 Å². The Morgan fingerprint density at radius 1 is 1.24 bits per heavy atom. The summed E-state index contributed by atoms with van der Waals surface area (Å²) in [4.78, 5) is 38.9. The monoisotopic (exact) mass is 578 g/mol. The molecular formula is C24H23IN2O5S. The van der Waals surface area contributed by atoms with Crippen molar-refractivity contribution in [3.8, 4) is 11.5 Å². The van der Waals surface area contributed by atoms with Crippen LogP contribution in [0.15, 0.2) is 54.0 Å². The number of imide groups is 1. The molecule has 1 heterocycles. The van der Waals surface area contributed by atoms with Crippen LogP contribution in [-0.2, 0) is 16.0 Å². The first kappa shape index (κ1) is 24.8. The molecule has 0 bridgehead atoms. The van der Waals surface area contributed by atoms with Gasteiger partial charge in [0.05, 0.1) is 18.6 Å². The van der Waals surface area contributed by atoms with Crippen molar-refractivity contribution >= 4 is 63.2 Å². The lowest BCUT2D eigenvalue weighted by molar-refractivity contribution is -0.127. The SMILES string of the molecule is C=CCc1cc(/C=C2/SC(=O)N(CC(=O)Nc3ccc(I)cc3)C2=O)cc(OCC)c1OC. The highest BCUT2D eigenvalue weighted by molar-refractivity contribution is 14.1. The zero-order valence-electron chi connectivity index (χ0n) is 18.2. The molecule has 1 aliphatic rings. The van der Waals surface area contributed by atoms with Gasteiger partial charge in [-0.1, -0.05) is 6.08 Å². The molecule has 1 N–H and O–H groups in total. The van der Waals surface area contributed by atoms with Gasteiger partial charge in [0.1, 0.15) is 6.54 Å². The summed E-state index contributed by atoms with van der Waals surface area (Å²) in [7, 11) is 1.57. The third-order valence-corrected chi connectivity index (χ3v) is 6.25. The number of rotatable bonds is 9. The molecule has 33 heavy (non-hydrogen) atoms. The average molecular weight is 578 g/mol. The highest BCUT2D eigenvalue weighted by Crippen LogP contribution is 2.37. The molecule has 1 fully saturated rings. The van der Waals surface area contributed by atoms with Gasteiger partial charge in [0.15, 0.2) is 11.5 Å². The van der Waals surface area contributed by atoms with Crippen molar-refractivity contribution < 1.29 is 23.9 Å². The molecule has 172 valence electrons. The number of carbonyl (C=O) groups is 3. The number of nitrogens with zero attached hydrogens (tertiary/aromatic N) is 1. The summed E-state index contributed by atoms with van der Waals surface area (Å²) >= 11 is 2.97. The Kier molecular flexibility index (Phi) is 8.56. The molecule has 3 rings (SSSR count). The maximum Gasteiger partial charge on any atom is 0.294 e. The predicted octanol–water partition coefficient (Wildman–Crippen LogP) is 5.10. The van der Waals surface area contributed by atoms with Gasteiger partial charge in [-0.05, 0) is 95.7 Å². The van der Waals surface area contributed by atoms with Crippen LogP contribution in [0.2, 0.25) is 0 Å². The summed E-state index contributed by atoms with van der Waals surface area (Å²) < 4.78 is 12.2. The Labute approximate surface area is 210 Å². The zero-order valence-corrected chi connectivity index (χ0v) is 21.2. The lowest BCUT2D eigenvalue weighted by atomic mass is 10.0. The number of halogens is 1. The summed E-state index contributed by atoms with van der Waals surface area (Å²) in [5.74, 6) is 0.189. The molecule has 0 unspecified atom stereocenters. The molecule has 1 saturated heterocycles. The van der Waals surface area contributed by atoms with Crippen molar-refractivity contribution in [3.05, 3.63) is 68.7 Å². The number of anilines is 1. The Bertz CT molecular complexity index is 1110. The second-order valence-corrected chi connectivity index (χ2v) is 9.20. The number of hydrogen-bond donors (Lipinski definition) is 1. The van der Waals surface area contributed by atoms with E-state index < -0.39 is 17.1 Å². The number of methoxy groups -OCH3 is 1. The van der Waals surface area contributed by atoms with Gasteiger partial charge < -0.3 is 14.8 Å². The minimum absolute atomic E-state index is 0.235. The van der Waals surface area contributed by atoms with Crippen LogP contribution in [0.25, 0.3) is 6.08 Å². The first-order chi connectivity index (χ1) is 15.9. The lowest BCUT2D eigenvalue weighted by Crippen LogP contribution is -2.36. The molecule has 0 atom stereocenters. The van der Waals surface area contributed by atoms with Gasteiger partial charge in [0.2, 0.25) is 5.91 Å². The Balaban J connectivity index is 1.80. The first-order valence-corrected chi connectivity index (χ1v) is 12.0. The fraction of sp³-hybridized carbons (Fsp3) is 0.208. The summed E-state index contributed by atoms with van der Waals surface area (Å²) in [6.45, 7) is 5.73. The molecule has 9 heteroatoms. The predicted molar refractivity (Wildman–Crippen MR) is 139 cm³/mol. The van der Waals surface area contributed by atoms with E-state index in [1.165, 1.54) is 0 Å². The van der Waals surface area contributed by atoms with Crippen LogP contribution in [0.3, 0.4) is 0 Å². The molecule has 7 nitrogen and oxygen atoms in total. The number of ether oxygens (including phenoxy) is 2. The largest absolute Gasteiger partial charge is 0.493 e. The molecule has 3 amide bonds. The third-order valence-electron chi connectivity index (χ3n) is 4.62. The molecule has 0 spiro atoms. The van der Waals surface area contributed by atoms with Crippen LogP contribution in [0.5, 0.6) is 11.5 Å². The van der Waals surface area contributed by atoms with Crippen LogP contribution in [0.1, 0.15) is 18.1 Å². The van der Waals surface area contributed by atoms with Crippen LogP contribution < -0.4 is 14.8 Å². The smallest absolute Gasteiger partial charge is 0.294 e. The van der Waals surface area contributed by atoms with E-state index in [-0.39, 0.29) is 11.4 Å². The van der Waals surface area contributed by atoms with Gasteiger partial charge in [-0.25, -0.2) is 0 Å². The van der Waals surface area contributed by atoms with Crippen LogP contribution >= 0.6 is 34.4 Å². The van der Waals surface area contributed by atoms with Crippen molar-refractivity contribution in [1.29, 1.82) is 0 Å². The molecular weight excluding hydrogens is 555 g/mol. The second kappa shape index (κ2) is 11.4. The van der Waals surface area contributed by atoms with Crippen molar-refractivity contribution in [2.45, 2.75) is 13.3 Å². The number of benzene rings is 2. The van der Waals surface area contributed by atoms with Gasteiger partial charge in [-0.15, -0.1) is 6.58 Å². The standard InChI is InChI=1S/C24H23IN2O5S/c1-4-6-16-11-15(12-19(32-5-2)22(16)31-3)13-20-23(29)27(24(30)33-20)14-21(28)26-18-9-7-17(25)8-10-18/h4,7-13H,1,5-6,14H2,2-3H3,(H,26,28)/b20-13+. The summed E-state index contributed by atoms with van der Waals surface area (Å²) in [5.41, 5.74) is 2.13. The lowest BCUT2D eigenvalue weighted by Gasteiger charge is -2.14. The van der Waals surface area contributed by atoms with Gasteiger partial charge in [0, 0.05) is 14.8 Å². The van der Waals surface area contributed by atoms with Gasteiger partial charge in [-0.3, -0.25) is 19.3 Å². The highest BCUT2D eigenvalue weighted by atomic mass is 127. The fourth-order valence-corrected chi connectivity index (χ4v) is 4.43. The van der Waals surface area contributed by atoms with Gasteiger partial charge in [0.25, 0.3) is 11.1 Å². The number of thioether (sulfide) groups is 1. The quantitative estimate of drug-likeness (QED) is 0.253. The minimum atomic E-state index is -0.512. The molecule has 0 aromatic heterocycles. The molecule has 0 saturated carbocycles. The number of carbonyl (C=O) groups excluding carboxylic acids is 3. The molecule has 2 aromatic rings. The van der Waals surface area contributed by atoms with Crippen LogP contribution in [-0.4, -0.2) is 42.2 Å². The van der Waals surface area contributed by atoms with E-state index in [0.717, 1.165) is 25.8 Å². The van der Waals surface area contributed by atoms with Crippen LogP contribution in [0.4, 0.5) is 10.5 Å². The fourth-order valence-electron chi connectivity index (χ4n) is 3.23. The maximum absolute atomic E-state index is 12.9. The number of allylic oxidation sites excluding steroid dienone is 1. The molecule has 1 aliphatic heterocycles. The zero-order chi connectivity index (χ0) is 24.0. The second-order valence-electron chi connectivity index (χ2n) is 6.96. The maximum atomic E-state index is 12.9. The normalized spacial score (nSPS) is 14.5. The topological polar surface area (TPSA) is 84.9 Å². The summed E-state index contributed by atoms with van der Waals surface area (Å²) in [6.07, 6.45) is 3.92. The molecule has 0 aliphatic carbocycles. The Morgan fingerprint density at radius 2 is 1.97 bits per heavy atom. The number of hydrogen-bond acceptors (Lipinski definition) is 6. The third kappa shape index (κ3) is 6.17. The molecule has 2 aromatic carbocycles. The van der Waals surface area contributed by atoms with Crippen molar-refractivity contribution in [2.24, 2.45) is 0 Å². The molecule has 0 radical (unpaired) electrons. The Morgan fingerprint density at radius 3 is 2.61 bits per heavy atom.